The van der Waals surface area contributed by atoms with Crippen molar-refractivity contribution in [2.24, 2.45) is 0 Å². The van der Waals surface area contributed by atoms with Crippen molar-refractivity contribution in [1.82, 2.24) is 0 Å². The summed E-state index contributed by atoms with van der Waals surface area (Å²) in [6, 6.07) is 3.97. The second kappa shape index (κ2) is 6.39. The Morgan fingerprint density at radius 3 is 2.61 bits per heavy atom. The number of halogens is 2. The average Bonchev–Trinajstić information content (AvgIpc) is 2.77. The highest BCUT2D eigenvalue weighted by Gasteiger charge is 2.37. The fourth-order valence-corrected chi connectivity index (χ4v) is 2.38. The van der Waals surface area contributed by atoms with Crippen molar-refractivity contribution < 1.29 is 18.7 Å². The largest absolute Gasteiger partial charge is 0.474 e. The van der Waals surface area contributed by atoms with E-state index in [2.05, 4.69) is 0 Å². The number of imide groups is 1. The summed E-state index contributed by atoms with van der Waals surface area (Å²) < 4.78 is 19.5. The van der Waals surface area contributed by atoms with Gasteiger partial charge in [-0.1, -0.05) is 17.2 Å². The van der Waals surface area contributed by atoms with Crippen LogP contribution in [-0.2, 0) is 9.59 Å². The molecule has 2 amide bonds. The molecule has 0 spiro atoms. The lowest BCUT2D eigenvalue weighted by Crippen LogP contribution is -2.30. The molecule has 1 heterocycles. The highest BCUT2D eigenvalue weighted by atomic mass is 35.5. The maximum atomic E-state index is 14.2. The number of hydrogen-bond donors (Lipinski definition) is 0. The highest BCUT2D eigenvalue weighted by molar-refractivity contribution is 6.32. The number of allylic oxidation sites excluding steroid dienone is 1. The van der Waals surface area contributed by atoms with Crippen LogP contribution in [0.25, 0.3) is 0 Å². The molecule has 1 aromatic rings. The second-order valence-electron chi connectivity index (χ2n) is 5.31. The standard InChI is InChI=1S/C16H14ClFN2O3/c1-8(2)10-4-15(21)20(16(10)22)13-6-14(23-9(3)7-19)11(17)5-12(13)18/h5-6,9H,4H2,1-3H3. The molecule has 1 fully saturated rings. The smallest absolute Gasteiger partial charge is 0.261 e. The molecule has 7 heteroatoms. The molecule has 0 N–H and O–H groups in total. The number of anilines is 1. The van der Waals surface area contributed by atoms with E-state index in [1.54, 1.807) is 13.8 Å². The molecule has 23 heavy (non-hydrogen) atoms. The Morgan fingerprint density at radius 1 is 1.43 bits per heavy atom. The summed E-state index contributed by atoms with van der Waals surface area (Å²) in [6.07, 6.45) is -0.891. The predicted octanol–water partition coefficient (Wildman–Crippen LogP) is 3.37. The molecule has 120 valence electrons. The van der Waals surface area contributed by atoms with Gasteiger partial charge in [0.1, 0.15) is 17.6 Å². The zero-order valence-electron chi connectivity index (χ0n) is 12.8. The van der Waals surface area contributed by atoms with Crippen LogP contribution in [0, 0.1) is 17.1 Å². The van der Waals surface area contributed by atoms with E-state index in [9.17, 15) is 14.0 Å². The third-order valence-corrected chi connectivity index (χ3v) is 3.67. The quantitative estimate of drug-likeness (QED) is 0.626. The highest BCUT2D eigenvalue weighted by Crippen LogP contribution is 2.36. The number of rotatable bonds is 3. The van der Waals surface area contributed by atoms with E-state index >= 15 is 0 Å². The molecule has 1 unspecified atom stereocenters. The molecule has 0 radical (unpaired) electrons. The van der Waals surface area contributed by atoms with Gasteiger partial charge in [0, 0.05) is 11.6 Å². The van der Waals surface area contributed by atoms with Gasteiger partial charge in [0.05, 0.1) is 17.1 Å². The Morgan fingerprint density at radius 2 is 2.09 bits per heavy atom. The van der Waals surface area contributed by atoms with Crippen molar-refractivity contribution in [2.75, 3.05) is 4.90 Å². The fraction of sp³-hybridized carbons (Fsp3) is 0.312. The molecule has 1 aromatic carbocycles. The Hall–Kier alpha value is -2.39. The van der Waals surface area contributed by atoms with Crippen molar-refractivity contribution >= 4 is 29.1 Å². The first-order chi connectivity index (χ1) is 10.8. The van der Waals surface area contributed by atoms with Crippen molar-refractivity contribution in [1.29, 1.82) is 5.26 Å². The zero-order valence-corrected chi connectivity index (χ0v) is 13.6. The summed E-state index contributed by atoms with van der Waals surface area (Å²) >= 11 is 5.89. The van der Waals surface area contributed by atoms with E-state index in [-0.39, 0.29) is 22.9 Å². The summed E-state index contributed by atoms with van der Waals surface area (Å²) in [5.74, 6) is -1.87. The van der Waals surface area contributed by atoms with Crippen LogP contribution in [0.4, 0.5) is 10.1 Å². The molecule has 1 saturated heterocycles. The first kappa shape index (κ1) is 17.0. The molecule has 0 bridgehead atoms. The number of nitriles is 1. The third-order valence-electron chi connectivity index (χ3n) is 3.37. The molecule has 0 aromatic heterocycles. The van der Waals surface area contributed by atoms with E-state index in [0.717, 1.165) is 17.0 Å². The molecule has 0 aliphatic carbocycles. The van der Waals surface area contributed by atoms with E-state index in [0.29, 0.717) is 11.1 Å². The van der Waals surface area contributed by atoms with Crippen molar-refractivity contribution in [2.45, 2.75) is 33.3 Å². The minimum Gasteiger partial charge on any atom is -0.474 e. The second-order valence-corrected chi connectivity index (χ2v) is 5.72. The Labute approximate surface area is 137 Å². The lowest BCUT2D eigenvalue weighted by molar-refractivity contribution is -0.120. The molecule has 2 rings (SSSR count). The zero-order chi connectivity index (χ0) is 17.3. The summed E-state index contributed by atoms with van der Waals surface area (Å²) in [5.41, 5.74) is 0.813. The van der Waals surface area contributed by atoms with Gasteiger partial charge in [-0.2, -0.15) is 5.26 Å². The molecule has 1 aliphatic rings. The minimum absolute atomic E-state index is 0.0309. The molecule has 5 nitrogen and oxygen atoms in total. The normalized spacial score (nSPS) is 15.7. The Balaban J connectivity index is 2.50. The van der Waals surface area contributed by atoms with E-state index < -0.39 is 23.7 Å². The van der Waals surface area contributed by atoms with E-state index in [1.165, 1.54) is 6.92 Å². The summed E-state index contributed by atoms with van der Waals surface area (Å²) in [7, 11) is 0. The average molecular weight is 337 g/mol. The first-order valence-electron chi connectivity index (χ1n) is 6.85. The third kappa shape index (κ3) is 3.20. The fourth-order valence-electron chi connectivity index (χ4n) is 2.19. The number of hydrogen-bond acceptors (Lipinski definition) is 4. The van der Waals surface area contributed by atoms with Gasteiger partial charge in [-0.25, -0.2) is 9.29 Å². The number of carbonyl (C=O) groups excluding carboxylic acids is 2. The van der Waals surface area contributed by atoms with Gasteiger partial charge in [-0.15, -0.1) is 0 Å². The summed E-state index contributed by atoms with van der Waals surface area (Å²) in [4.78, 5) is 25.2. The van der Waals surface area contributed by atoms with Crippen molar-refractivity contribution in [3.63, 3.8) is 0 Å². The number of amides is 2. The van der Waals surface area contributed by atoms with Crippen LogP contribution in [0.5, 0.6) is 5.75 Å². The van der Waals surface area contributed by atoms with Crippen LogP contribution in [0.2, 0.25) is 5.02 Å². The van der Waals surface area contributed by atoms with Crippen LogP contribution in [0.1, 0.15) is 27.2 Å². The molecule has 1 atom stereocenters. The van der Waals surface area contributed by atoms with E-state index in [1.807, 2.05) is 6.07 Å². The van der Waals surface area contributed by atoms with Crippen LogP contribution in [0.15, 0.2) is 23.3 Å². The summed E-state index contributed by atoms with van der Waals surface area (Å²) in [5, 5.41) is 8.74. The van der Waals surface area contributed by atoms with Gasteiger partial charge in [0.15, 0.2) is 6.10 Å². The van der Waals surface area contributed by atoms with Crippen molar-refractivity contribution in [3.8, 4) is 11.8 Å². The first-order valence-corrected chi connectivity index (χ1v) is 7.23. The molecular formula is C16H14ClFN2O3. The monoisotopic (exact) mass is 336 g/mol. The molecular weight excluding hydrogens is 323 g/mol. The lowest BCUT2D eigenvalue weighted by atomic mass is 10.1. The van der Waals surface area contributed by atoms with Crippen LogP contribution in [0.3, 0.4) is 0 Å². The van der Waals surface area contributed by atoms with Crippen LogP contribution < -0.4 is 9.64 Å². The van der Waals surface area contributed by atoms with Crippen LogP contribution >= 0.6 is 11.6 Å². The number of carbonyl (C=O) groups is 2. The van der Waals surface area contributed by atoms with Gasteiger partial charge in [-0.05, 0) is 26.8 Å². The molecule has 1 aliphatic heterocycles. The SMILES string of the molecule is CC(C)=C1CC(=O)N(c2cc(OC(C)C#N)c(Cl)cc2F)C1=O. The molecule has 0 saturated carbocycles. The minimum atomic E-state index is -0.816. The Bertz CT molecular complexity index is 763. The summed E-state index contributed by atoms with van der Waals surface area (Å²) in [6.45, 7) is 4.92. The Kier molecular flexibility index (Phi) is 4.71. The van der Waals surface area contributed by atoms with Crippen LogP contribution in [-0.4, -0.2) is 17.9 Å². The maximum Gasteiger partial charge on any atom is 0.261 e. The van der Waals surface area contributed by atoms with Gasteiger partial charge < -0.3 is 4.74 Å². The number of benzene rings is 1. The van der Waals surface area contributed by atoms with Crippen molar-refractivity contribution in [3.05, 3.63) is 34.1 Å². The van der Waals surface area contributed by atoms with E-state index in [4.69, 9.17) is 21.6 Å². The van der Waals surface area contributed by atoms with Gasteiger partial charge in [-0.3, -0.25) is 9.59 Å². The predicted molar refractivity (Wildman–Crippen MR) is 82.6 cm³/mol. The maximum absolute atomic E-state index is 14.2. The number of nitrogens with zero attached hydrogens (tertiary/aromatic N) is 2. The lowest BCUT2D eigenvalue weighted by Gasteiger charge is -2.17. The topological polar surface area (TPSA) is 70.4 Å². The van der Waals surface area contributed by atoms with Gasteiger partial charge in [0.25, 0.3) is 5.91 Å². The van der Waals surface area contributed by atoms with Gasteiger partial charge in [0.2, 0.25) is 5.91 Å². The van der Waals surface area contributed by atoms with Gasteiger partial charge >= 0.3 is 0 Å². The number of ether oxygens (including phenoxy) is 1.